The summed E-state index contributed by atoms with van der Waals surface area (Å²) < 4.78 is 10.7. The van der Waals surface area contributed by atoms with Crippen molar-refractivity contribution in [3.8, 4) is 0 Å². The quantitative estimate of drug-likeness (QED) is 0.495. The largest absolute Gasteiger partial charge is 0.459 e. The zero-order valence-corrected chi connectivity index (χ0v) is 17.5. The van der Waals surface area contributed by atoms with Crippen LogP contribution in [-0.4, -0.2) is 17.9 Å². The standard InChI is InChI=1S/C24H25NO5/c1-14(2)22(25-23(27)17-8-5-15(3)6-9-17)24(28)29-13-18-12-21(26)30-20-11-16(4)7-10-19(18)20/h5-12,14,22H,13H2,1-4H3,(H,25,27)/t22-/m1/s1. The van der Waals surface area contributed by atoms with E-state index in [-0.39, 0.29) is 18.4 Å². The Kier molecular flexibility index (Phi) is 6.35. The maximum absolute atomic E-state index is 12.7. The van der Waals surface area contributed by atoms with Crippen LogP contribution in [0.5, 0.6) is 0 Å². The molecule has 0 radical (unpaired) electrons. The van der Waals surface area contributed by atoms with E-state index in [4.69, 9.17) is 9.15 Å². The summed E-state index contributed by atoms with van der Waals surface area (Å²) in [6, 6.07) is 13.1. The summed E-state index contributed by atoms with van der Waals surface area (Å²) in [7, 11) is 0. The highest BCUT2D eigenvalue weighted by Gasteiger charge is 2.26. The van der Waals surface area contributed by atoms with E-state index in [1.807, 2.05) is 52.0 Å². The van der Waals surface area contributed by atoms with Crippen LogP contribution >= 0.6 is 0 Å². The molecule has 0 bridgehead atoms. The summed E-state index contributed by atoms with van der Waals surface area (Å²) in [6.07, 6.45) is 0. The average molecular weight is 407 g/mol. The maximum atomic E-state index is 12.7. The van der Waals surface area contributed by atoms with Crippen LogP contribution in [0.1, 0.15) is 40.9 Å². The van der Waals surface area contributed by atoms with Crippen LogP contribution in [0, 0.1) is 19.8 Å². The molecule has 0 saturated carbocycles. The number of carbonyl (C=O) groups is 2. The minimum absolute atomic E-state index is 0.0897. The first-order valence-corrected chi connectivity index (χ1v) is 9.82. The third-order valence-corrected chi connectivity index (χ3v) is 4.88. The summed E-state index contributed by atoms with van der Waals surface area (Å²) in [5, 5.41) is 3.46. The molecule has 156 valence electrons. The first kappa shape index (κ1) is 21.3. The molecule has 0 unspecified atom stereocenters. The highest BCUT2D eigenvalue weighted by molar-refractivity contribution is 5.96. The maximum Gasteiger partial charge on any atom is 0.336 e. The molecule has 0 aliphatic rings. The molecule has 0 fully saturated rings. The van der Waals surface area contributed by atoms with Gasteiger partial charge in [-0.3, -0.25) is 4.79 Å². The van der Waals surface area contributed by atoms with Crippen molar-refractivity contribution < 1.29 is 18.7 Å². The van der Waals surface area contributed by atoms with E-state index < -0.39 is 17.6 Å². The zero-order chi connectivity index (χ0) is 21.8. The Morgan fingerprint density at radius 2 is 1.67 bits per heavy atom. The van der Waals surface area contributed by atoms with E-state index in [1.165, 1.54) is 6.07 Å². The van der Waals surface area contributed by atoms with E-state index in [9.17, 15) is 14.4 Å². The number of ether oxygens (including phenoxy) is 1. The van der Waals surface area contributed by atoms with Crippen LogP contribution < -0.4 is 10.9 Å². The molecule has 1 heterocycles. The third-order valence-electron chi connectivity index (χ3n) is 4.88. The Bertz CT molecular complexity index is 1130. The number of nitrogens with one attached hydrogen (secondary N) is 1. The van der Waals surface area contributed by atoms with Gasteiger partial charge in [0.25, 0.3) is 5.91 Å². The molecule has 3 aromatic rings. The van der Waals surface area contributed by atoms with Gasteiger partial charge in [0, 0.05) is 22.6 Å². The van der Waals surface area contributed by atoms with Crippen LogP contribution in [0.4, 0.5) is 0 Å². The van der Waals surface area contributed by atoms with Crippen molar-refractivity contribution in [2.45, 2.75) is 40.3 Å². The van der Waals surface area contributed by atoms with Crippen LogP contribution in [0.25, 0.3) is 11.0 Å². The molecular weight excluding hydrogens is 382 g/mol. The number of fused-ring (bicyclic) bond motifs is 1. The Balaban J connectivity index is 1.74. The molecule has 3 rings (SSSR count). The lowest BCUT2D eigenvalue weighted by atomic mass is 10.0. The zero-order valence-electron chi connectivity index (χ0n) is 17.5. The first-order valence-electron chi connectivity index (χ1n) is 9.82. The number of rotatable bonds is 6. The smallest absolute Gasteiger partial charge is 0.336 e. The minimum atomic E-state index is -0.813. The second-order valence-corrected chi connectivity index (χ2v) is 7.76. The Labute approximate surface area is 174 Å². The second-order valence-electron chi connectivity index (χ2n) is 7.76. The average Bonchev–Trinajstić information content (AvgIpc) is 2.69. The van der Waals surface area contributed by atoms with E-state index in [1.54, 1.807) is 18.2 Å². The number of carbonyl (C=O) groups excluding carboxylic acids is 2. The van der Waals surface area contributed by atoms with Gasteiger partial charge in [-0.25, -0.2) is 9.59 Å². The van der Waals surface area contributed by atoms with E-state index in [0.717, 1.165) is 11.1 Å². The van der Waals surface area contributed by atoms with Gasteiger partial charge in [0.2, 0.25) is 0 Å². The lowest BCUT2D eigenvalue weighted by molar-refractivity contribution is -0.148. The highest BCUT2D eigenvalue weighted by atomic mass is 16.5. The molecule has 0 aliphatic heterocycles. The fourth-order valence-corrected chi connectivity index (χ4v) is 3.12. The van der Waals surface area contributed by atoms with Gasteiger partial charge < -0.3 is 14.5 Å². The van der Waals surface area contributed by atoms with Crippen molar-refractivity contribution >= 4 is 22.8 Å². The molecule has 0 aliphatic carbocycles. The fourth-order valence-electron chi connectivity index (χ4n) is 3.12. The van der Waals surface area contributed by atoms with E-state index >= 15 is 0 Å². The molecule has 2 aromatic carbocycles. The molecule has 6 heteroatoms. The number of benzene rings is 2. The van der Waals surface area contributed by atoms with Crippen LogP contribution in [-0.2, 0) is 16.1 Å². The van der Waals surface area contributed by atoms with Crippen molar-refractivity contribution in [3.63, 3.8) is 0 Å². The van der Waals surface area contributed by atoms with Crippen LogP contribution in [0.3, 0.4) is 0 Å². The van der Waals surface area contributed by atoms with Gasteiger partial charge in [0.05, 0.1) is 0 Å². The SMILES string of the molecule is Cc1ccc(C(=O)N[C@@H](C(=O)OCc2cc(=O)oc3cc(C)ccc23)C(C)C)cc1. The predicted octanol–water partition coefficient (Wildman–Crippen LogP) is 3.91. The lowest BCUT2D eigenvalue weighted by Crippen LogP contribution is -2.45. The number of hydrogen-bond acceptors (Lipinski definition) is 5. The number of esters is 1. The van der Waals surface area contributed by atoms with Gasteiger partial charge >= 0.3 is 11.6 Å². The van der Waals surface area contributed by atoms with Gasteiger partial charge in [-0.2, -0.15) is 0 Å². The molecule has 0 saturated heterocycles. The summed E-state index contributed by atoms with van der Waals surface area (Å²) in [5.41, 5.74) is 2.97. The molecular formula is C24H25NO5. The summed E-state index contributed by atoms with van der Waals surface area (Å²) in [6.45, 7) is 7.40. The lowest BCUT2D eigenvalue weighted by Gasteiger charge is -2.21. The number of hydrogen-bond donors (Lipinski definition) is 1. The fraction of sp³-hybridized carbons (Fsp3) is 0.292. The molecule has 6 nitrogen and oxygen atoms in total. The predicted molar refractivity (Wildman–Crippen MR) is 114 cm³/mol. The topological polar surface area (TPSA) is 85.6 Å². The van der Waals surface area contributed by atoms with Crippen LogP contribution in [0.2, 0.25) is 0 Å². The minimum Gasteiger partial charge on any atom is -0.459 e. The molecule has 1 aromatic heterocycles. The molecule has 0 spiro atoms. The van der Waals surface area contributed by atoms with Crippen molar-refractivity contribution in [3.05, 3.63) is 81.2 Å². The van der Waals surface area contributed by atoms with Crippen molar-refractivity contribution in [1.29, 1.82) is 0 Å². The van der Waals surface area contributed by atoms with Gasteiger partial charge in [0.15, 0.2) is 0 Å². The van der Waals surface area contributed by atoms with Crippen molar-refractivity contribution in [2.75, 3.05) is 0 Å². The normalized spacial score (nSPS) is 12.0. The highest BCUT2D eigenvalue weighted by Crippen LogP contribution is 2.19. The van der Waals surface area contributed by atoms with Gasteiger partial charge in [-0.1, -0.05) is 43.7 Å². The summed E-state index contributed by atoms with van der Waals surface area (Å²) in [5.74, 6) is -1.07. The van der Waals surface area contributed by atoms with E-state index in [0.29, 0.717) is 22.1 Å². The summed E-state index contributed by atoms with van der Waals surface area (Å²) in [4.78, 5) is 37.1. The monoisotopic (exact) mass is 407 g/mol. The molecule has 1 amide bonds. The Morgan fingerprint density at radius 3 is 2.33 bits per heavy atom. The van der Waals surface area contributed by atoms with Gasteiger partial charge in [0.1, 0.15) is 18.2 Å². The summed E-state index contributed by atoms with van der Waals surface area (Å²) >= 11 is 0. The first-order chi connectivity index (χ1) is 14.2. The third kappa shape index (κ3) is 4.95. The molecule has 1 atom stereocenters. The number of amides is 1. The Morgan fingerprint density at radius 1 is 1.00 bits per heavy atom. The number of aryl methyl sites for hydroxylation is 2. The Hall–Kier alpha value is -3.41. The van der Waals surface area contributed by atoms with Crippen molar-refractivity contribution in [1.82, 2.24) is 5.32 Å². The second kappa shape index (κ2) is 8.95. The molecule has 1 N–H and O–H groups in total. The van der Waals surface area contributed by atoms with Gasteiger partial charge in [-0.15, -0.1) is 0 Å². The van der Waals surface area contributed by atoms with Gasteiger partial charge in [-0.05, 0) is 43.5 Å². The van der Waals surface area contributed by atoms with Crippen LogP contribution in [0.15, 0.2) is 57.7 Å². The van der Waals surface area contributed by atoms with E-state index in [2.05, 4.69) is 5.32 Å². The molecule has 30 heavy (non-hydrogen) atoms. The van der Waals surface area contributed by atoms with Crippen molar-refractivity contribution in [2.24, 2.45) is 5.92 Å².